The first-order valence-electron chi connectivity index (χ1n) is 11.5. The van der Waals surface area contributed by atoms with Gasteiger partial charge in [0.2, 0.25) is 5.91 Å². The van der Waals surface area contributed by atoms with Crippen molar-refractivity contribution in [1.29, 1.82) is 0 Å². The summed E-state index contributed by atoms with van der Waals surface area (Å²) in [6, 6.07) is 12.8. The Morgan fingerprint density at radius 2 is 1.92 bits per heavy atom. The summed E-state index contributed by atoms with van der Waals surface area (Å²) in [6.45, 7) is 1.81. The molecule has 1 amide bonds. The molecule has 0 radical (unpaired) electrons. The molecule has 4 rings (SSSR count). The van der Waals surface area contributed by atoms with Crippen molar-refractivity contribution in [1.82, 2.24) is 5.32 Å². The Labute approximate surface area is 207 Å². The molecule has 3 atom stereocenters. The zero-order valence-corrected chi connectivity index (χ0v) is 20.7. The zero-order valence-electron chi connectivity index (χ0n) is 19.8. The van der Waals surface area contributed by atoms with Gasteiger partial charge in [0.1, 0.15) is 5.75 Å². The molecule has 0 aromatic heterocycles. The van der Waals surface area contributed by atoms with Gasteiger partial charge in [-0.15, -0.1) is 13.2 Å². The number of benzene rings is 2. The number of halogens is 3. The van der Waals surface area contributed by atoms with Gasteiger partial charge >= 0.3 is 6.36 Å². The van der Waals surface area contributed by atoms with Crippen LogP contribution in [0.4, 0.5) is 13.2 Å². The van der Waals surface area contributed by atoms with E-state index in [-0.39, 0.29) is 34.7 Å². The lowest BCUT2D eigenvalue weighted by Crippen LogP contribution is -2.35. The Balaban J connectivity index is 1.45. The van der Waals surface area contributed by atoms with Crippen molar-refractivity contribution in [2.75, 3.05) is 6.26 Å². The van der Waals surface area contributed by atoms with Crippen molar-refractivity contribution in [3.05, 3.63) is 59.7 Å². The summed E-state index contributed by atoms with van der Waals surface area (Å²) in [4.78, 5) is 18.6. The number of carbonyl (C=O) groups is 1. The molecule has 194 valence electrons. The van der Waals surface area contributed by atoms with Gasteiger partial charge in [0.25, 0.3) is 0 Å². The molecule has 1 saturated carbocycles. The first-order chi connectivity index (χ1) is 16.9. The van der Waals surface area contributed by atoms with Crippen LogP contribution < -0.4 is 10.1 Å². The minimum atomic E-state index is -4.95. The third kappa shape index (κ3) is 5.83. The fourth-order valence-electron chi connectivity index (χ4n) is 4.92. The Morgan fingerprint density at radius 1 is 1.19 bits per heavy atom. The molecule has 7 nitrogen and oxygen atoms in total. The summed E-state index contributed by atoms with van der Waals surface area (Å²) in [6.07, 6.45) is -1.24. The van der Waals surface area contributed by atoms with Gasteiger partial charge in [0, 0.05) is 31.1 Å². The standard InChI is InChI=1S/C25H27F3N2O5S/c1-24(17-7-4-3-5-8-17)14-21(30-35-24)19-9-6-10-20(19)23(31)29-15-16-11-12-18(34-25(26,27)28)13-22(16)36(2,32)33/h3-5,7-8,11-13,19-20H,6,9-10,14-15H2,1-2H3,(H,29,31)/t19-,20-,24?/m1/s1. The van der Waals surface area contributed by atoms with E-state index >= 15 is 0 Å². The molecule has 2 aliphatic rings. The van der Waals surface area contributed by atoms with Gasteiger partial charge in [0.05, 0.1) is 10.6 Å². The molecule has 1 heterocycles. The summed E-state index contributed by atoms with van der Waals surface area (Å²) in [5, 5.41) is 7.10. The second-order valence-electron chi connectivity index (χ2n) is 9.40. The molecule has 36 heavy (non-hydrogen) atoms. The minimum absolute atomic E-state index is 0.104. The van der Waals surface area contributed by atoms with Crippen LogP contribution in [0.25, 0.3) is 0 Å². The summed E-state index contributed by atoms with van der Waals surface area (Å²) in [5.41, 5.74) is 1.39. The highest BCUT2D eigenvalue weighted by Gasteiger charge is 2.44. The molecule has 1 aliphatic carbocycles. The topological polar surface area (TPSA) is 94.1 Å². The van der Waals surface area contributed by atoms with Crippen LogP contribution in [0.15, 0.2) is 58.6 Å². The number of oxime groups is 1. The van der Waals surface area contributed by atoms with Gasteiger partial charge in [-0.25, -0.2) is 8.42 Å². The molecular formula is C25H27F3N2O5S. The lowest BCUT2D eigenvalue weighted by molar-refractivity contribution is -0.274. The fraction of sp³-hybridized carbons (Fsp3) is 0.440. The molecule has 2 aromatic rings. The van der Waals surface area contributed by atoms with E-state index in [2.05, 4.69) is 15.2 Å². The largest absolute Gasteiger partial charge is 0.573 e. The minimum Gasteiger partial charge on any atom is -0.406 e. The molecule has 0 spiro atoms. The van der Waals surface area contributed by atoms with E-state index in [1.54, 1.807) is 0 Å². The third-order valence-corrected chi connectivity index (χ3v) is 7.85. The van der Waals surface area contributed by atoms with Crippen molar-refractivity contribution in [3.8, 4) is 5.75 Å². The number of nitrogens with zero attached hydrogens (tertiary/aromatic N) is 1. The van der Waals surface area contributed by atoms with Crippen LogP contribution in [0.1, 0.15) is 43.7 Å². The highest BCUT2D eigenvalue weighted by atomic mass is 32.2. The number of carbonyl (C=O) groups excluding carboxylic acids is 1. The maximum Gasteiger partial charge on any atom is 0.573 e. The van der Waals surface area contributed by atoms with E-state index in [0.717, 1.165) is 42.5 Å². The van der Waals surface area contributed by atoms with Crippen LogP contribution in [0, 0.1) is 11.8 Å². The van der Waals surface area contributed by atoms with Gasteiger partial charge in [-0.2, -0.15) is 0 Å². The molecule has 1 N–H and O–H groups in total. The van der Waals surface area contributed by atoms with E-state index < -0.39 is 27.6 Å². The predicted molar refractivity (Wildman–Crippen MR) is 126 cm³/mol. The Morgan fingerprint density at radius 3 is 2.58 bits per heavy atom. The number of alkyl halides is 3. The van der Waals surface area contributed by atoms with Gasteiger partial charge in [0.15, 0.2) is 15.4 Å². The summed E-state index contributed by atoms with van der Waals surface area (Å²) in [7, 11) is -3.88. The second kappa shape index (κ2) is 9.76. The summed E-state index contributed by atoms with van der Waals surface area (Å²) < 4.78 is 65.9. The maximum atomic E-state index is 13.1. The molecule has 1 unspecified atom stereocenters. The first-order valence-corrected chi connectivity index (χ1v) is 13.4. The summed E-state index contributed by atoms with van der Waals surface area (Å²) in [5.74, 6) is -1.37. The van der Waals surface area contributed by atoms with Gasteiger partial charge in [-0.05, 0) is 43.0 Å². The number of nitrogens with one attached hydrogen (secondary N) is 1. The van der Waals surface area contributed by atoms with Crippen molar-refractivity contribution in [2.45, 2.75) is 56.0 Å². The average Bonchev–Trinajstić information content (AvgIpc) is 3.44. The van der Waals surface area contributed by atoms with Crippen molar-refractivity contribution in [2.24, 2.45) is 17.0 Å². The van der Waals surface area contributed by atoms with Crippen LogP contribution in [0.2, 0.25) is 0 Å². The van der Waals surface area contributed by atoms with Crippen molar-refractivity contribution < 1.29 is 36.0 Å². The fourth-order valence-corrected chi connectivity index (χ4v) is 5.87. The van der Waals surface area contributed by atoms with Crippen LogP contribution in [0.3, 0.4) is 0 Å². The van der Waals surface area contributed by atoms with Crippen molar-refractivity contribution in [3.63, 3.8) is 0 Å². The third-order valence-electron chi connectivity index (χ3n) is 6.67. The lowest BCUT2D eigenvalue weighted by Gasteiger charge is -2.23. The Hall–Kier alpha value is -3.08. The molecule has 2 aromatic carbocycles. The average molecular weight is 525 g/mol. The van der Waals surface area contributed by atoms with Gasteiger partial charge in [-0.3, -0.25) is 4.79 Å². The van der Waals surface area contributed by atoms with E-state index in [4.69, 9.17) is 4.84 Å². The Kier molecular flexibility index (Phi) is 7.05. The van der Waals surface area contributed by atoms with Crippen LogP contribution in [0.5, 0.6) is 5.75 Å². The van der Waals surface area contributed by atoms with E-state index in [1.165, 1.54) is 6.07 Å². The highest BCUT2D eigenvalue weighted by Crippen LogP contribution is 2.42. The summed E-state index contributed by atoms with van der Waals surface area (Å²) >= 11 is 0. The quantitative estimate of drug-likeness (QED) is 0.566. The zero-order chi connectivity index (χ0) is 26.1. The molecule has 1 fully saturated rings. The molecule has 1 aliphatic heterocycles. The van der Waals surface area contributed by atoms with Crippen molar-refractivity contribution >= 4 is 21.5 Å². The maximum absolute atomic E-state index is 13.1. The molecule has 0 saturated heterocycles. The van der Waals surface area contributed by atoms with Gasteiger partial charge in [-0.1, -0.05) is 48.0 Å². The number of hydrogen-bond acceptors (Lipinski definition) is 6. The number of hydrogen-bond donors (Lipinski definition) is 1. The van der Waals surface area contributed by atoms with Gasteiger partial charge < -0.3 is 14.9 Å². The van der Waals surface area contributed by atoms with E-state index in [1.807, 2.05) is 37.3 Å². The number of amides is 1. The van der Waals surface area contributed by atoms with Crippen LogP contribution >= 0.6 is 0 Å². The first kappa shape index (κ1) is 26.0. The number of rotatable bonds is 7. The lowest BCUT2D eigenvalue weighted by atomic mass is 9.83. The van der Waals surface area contributed by atoms with Crippen LogP contribution in [-0.4, -0.2) is 32.7 Å². The second-order valence-corrected chi connectivity index (χ2v) is 11.4. The molecular weight excluding hydrogens is 497 g/mol. The van der Waals surface area contributed by atoms with E-state index in [0.29, 0.717) is 12.8 Å². The van der Waals surface area contributed by atoms with E-state index in [9.17, 15) is 26.4 Å². The molecule has 0 bridgehead atoms. The highest BCUT2D eigenvalue weighted by molar-refractivity contribution is 7.90. The molecule has 11 heteroatoms. The predicted octanol–water partition coefficient (Wildman–Crippen LogP) is 4.71. The Bertz CT molecular complexity index is 1260. The smallest absolute Gasteiger partial charge is 0.406 e. The monoisotopic (exact) mass is 524 g/mol. The number of ether oxygens (including phenoxy) is 1. The van der Waals surface area contributed by atoms with Crippen LogP contribution in [-0.2, 0) is 31.6 Å². The normalized spacial score (nSPS) is 24.2. The SMILES string of the molecule is CC1(c2ccccc2)CC([C@@H]2CCC[C@H]2C(=O)NCc2ccc(OC(F)(F)F)cc2S(C)(=O)=O)=NO1. The number of sulfone groups is 1.